The maximum Gasteiger partial charge on any atom is 0.244 e. The molecule has 4 nitrogen and oxygen atoms in total. The normalized spacial score (nSPS) is 19.2. The van der Waals surface area contributed by atoms with Crippen LogP contribution in [0.5, 0.6) is 0 Å². The molecule has 0 spiro atoms. The lowest BCUT2D eigenvalue weighted by molar-refractivity contribution is -0.122. The zero-order valence-electron chi connectivity index (χ0n) is 12.6. The van der Waals surface area contributed by atoms with Crippen LogP contribution in [0.3, 0.4) is 0 Å². The number of rotatable bonds is 2. The van der Waals surface area contributed by atoms with Gasteiger partial charge < -0.3 is 10.2 Å². The fraction of sp³-hybridized carbons (Fsp3) is 0.600. The van der Waals surface area contributed by atoms with Crippen LogP contribution in [-0.4, -0.2) is 30.0 Å². The second kappa shape index (κ2) is 7.24. The highest BCUT2D eigenvalue weighted by atomic mass is 16.2. The van der Waals surface area contributed by atoms with E-state index in [2.05, 4.69) is 24.1 Å². The molecule has 1 aromatic heterocycles. The summed E-state index contributed by atoms with van der Waals surface area (Å²) in [5.74, 6) is 0.459. The summed E-state index contributed by atoms with van der Waals surface area (Å²) in [4.78, 5) is 18.4. The highest BCUT2D eigenvalue weighted by Gasteiger charge is 2.31. The van der Waals surface area contributed by atoms with Gasteiger partial charge in [-0.05, 0) is 25.0 Å². The van der Waals surface area contributed by atoms with Gasteiger partial charge in [-0.25, -0.2) is 0 Å². The first-order chi connectivity index (χ1) is 9.09. The molecule has 0 saturated carbocycles. The SMILES string of the molecule is CC.Cc1ccc(N2CCNC(C(C)C)C2=O)cn1. The van der Waals surface area contributed by atoms with E-state index in [1.54, 1.807) is 6.20 Å². The number of nitrogens with zero attached hydrogens (tertiary/aromatic N) is 2. The second-order valence-electron chi connectivity index (χ2n) is 4.82. The van der Waals surface area contributed by atoms with E-state index in [0.29, 0.717) is 12.5 Å². The van der Waals surface area contributed by atoms with Crippen molar-refractivity contribution in [2.24, 2.45) is 5.92 Å². The second-order valence-corrected chi connectivity index (χ2v) is 4.82. The molecule has 2 heterocycles. The zero-order valence-corrected chi connectivity index (χ0v) is 12.6. The van der Waals surface area contributed by atoms with Crippen LogP contribution >= 0.6 is 0 Å². The van der Waals surface area contributed by atoms with Gasteiger partial charge in [0.15, 0.2) is 0 Å². The summed E-state index contributed by atoms with van der Waals surface area (Å²) in [5.41, 5.74) is 1.87. The number of pyridine rings is 1. The van der Waals surface area contributed by atoms with Gasteiger partial charge in [-0.1, -0.05) is 27.7 Å². The minimum absolute atomic E-state index is 0.0787. The van der Waals surface area contributed by atoms with Gasteiger partial charge in [-0.2, -0.15) is 0 Å². The predicted molar refractivity (Wildman–Crippen MR) is 79.3 cm³/mol. The lowest BCUT2D eigenvalue weighted by Crippen LogP contribution is -2.57. The molecule has 1 saturated heterocycles. The average Bonchev–Trinajstić information content (AvgIpc) is 2.42. The molecule has 1 aliphatic rings. The fourth-order valence-corrected chi connectivity index (χ4v) is 2.09. The molecule has 1 aliphatic heterocycles. The first kappa shape index (κ1) is 15.6. The number of piperazine rings is 1. The Morgan fingerprint density at radius 3 is 2.58 bits per heavy atom. The van der Waals surface area contributed by atoms with Gasteiger partial charge in [0, 0.05) is 18.8 Å². The smallest absolute Gasteiger partial charge is 0.244 e. The molecule has 2 rings (SSSR count). The molecule has 19 heavy (non-hydrogen) atoms. The minimum Gasteiger partial charge on any atom is -0.308 e. The third-order valence-electron chi connectivity index (χ3n) is 3.11. The van der Waals surface area contributed by atoms with Crippen LogP contribution in [0.25, 0.3) is 0 Å². The van der Waals surface area contributed by atoms with Gasteiger partial charge in [-0.3, -0.25) is 9.78 Å². The third-order valence-corrected chi connectivity index (χ3v) is 3.11. The van der Waals surface area contributed by atoms with Crippen molar-refractivity contribution in [1.29, 1.82) is 0 Å². The van der Waals surface area contributed by atoms with E-state index in [4.69, 9.17) is 0 Å². The Bertz CT molecular complexity index is 400. The van der Waals surface area contributed by atoms with Crippen molar-refractivity contribution in [1.82, 2.24) is 10.3 Å². The van der Waals surface area contributed by atoms with Gasteiger partial charge in [0.25, 0.3) is 0 Å². The summed E-state index contributed by atoms with van der Waals surface area (Å²) >= 11 is 0. The average molecular weight is 263 g/mol. The lowest BCUT2D eigenvalue weighted by Gasteiger charge is -2.34. The first-order valence-corrected chi connectivity index (χ1v) is 7.07. The third kappa shape index (κ3) is 3.77. The van der Waals surface area contributed by atoms with Crippen molar-refractivity contribution in [2.45, 2.75) is 40.7 Å². The Labute approximate surface area is 116 Å². The fourth-order valence-electron chi connectivity index (χ4n) is 2.09. The van der Waals surface area contributed by atoms with Gasteiger partial charge in [0.2, 0.25) is 5.91 Å². The molecule has 1 amide bonds. The van der Waals surface area contributed by atoms with Crippen LogP contribution in [0.1, 0.15) is 33.4 Å². The first-order valence-electron chi connectivity index (χ1n) is 7.07. The Morgan fingerprint density at radius 1 is 1.37 bits per heavy atom. The summed E-state index contributed by atoms with van der Waals surface area (Å²) in [7, 11) is 0. The summed E-state index contributed by atoms with van der Waals surface area (Å²) < 4.78 is 0. The highest BCUT2D eigenvalue weighted by Crippen LogP contribution is 2.18. The molecular weight excluding hydrogens is 238 g/mol. The molecule has 106 valence electrons. The number of hydrogen-bond donors (Lipinski definition) is 1. The number of amides is 1. The van der Waals surface area contributed by atoms with Crippen LogP contribution in [0.2, 0.25) is 0 Å². The molecule has 0 bridgehead atoms. The maximum absolute atomic E-state index is 12.3. The van der Waals surface area contributed by atoms with Crippen molar-refractivity contribution in [3.63, 3.8) is 0 Å². The number of carbonyl (C=O) groups is 1. The number of carbonyl (C=O) groups excluding carboxylic acids is 1. The van der Waals surface area contributed by atoms with Crippen molar-refractivity contribution in [3.8, 4) is 0 Å². The molecule has 1 atom stereocenters. The molecule has 1 fully saturated rings. The van der Waals surface area contributed by atoms with Crippen molar-refractivity contribution in [2.75, 3.05) is 18.0 Å². The van der Waals surface area contributed by atoms with Crippen LogP contribution < -0.4 is 10.2 Å². The Morgan fingerprint density at radius 2 is 2.05 bits per heavy atom. The van der Waals surface area contributed by atoms with Gasteiger partial charge in [0.05, 0.1) is 17.9 Å². The van der Waals surface area contributed by atoms with Gasteiger partial charge >= 0.3 is 0 Å². The monoisotopic (exact) mass is 263 g/mol. The number of anilines is 1. The Kier molecular flexibility index (Phi) is 5.96. The maximum atomic E-state index is 12.3. The van der Waals surface area contributed by atoms with E-state index in [-0.39, 0.29) is 11.9 Å². The lowest BCUT2D eigenvalue weighted by atomic mass is 10.0. The standard InChI is InChI=1S/C13H19N3O.C2H6/c1-9(2)12-13(17)16(7-6-14-12)11-5-4-10(3)15-8-11;1-2/h4-5,8-9,12,14H,6-7H2,1-3H3;1-2H3. The van der Waals surface area contributed by atoms with E-state index in [9.17, 15) is 4.79 Å². The van der Waals surface area contributed by atoms with Crippen LogP contribution in [0.15, 0.2) is 18.3 Å². The molecule has 1 unspecified atom stereocenters. The number of hydrogen-bond acceptors (Lipinski definition) is 3. The largest absolute Gasteiger partial charge is 0.308 e. The molecule has 1 aromatic rings. The van der Waals surface area contributed by atoms with Crippen LogP contribution in [0.4, 0.5) is 5.69 Å². The summed E-state index contributed by atoms with van der Waals surface area (Å²) in [6, 6.07) is 3.82. The topological polar surface area (TPSA) is 45.2 Å². The number of aromatic nitrogens is 1. The van der Waals surface area contributed by atoms with Crippen molar-refractivity contribution >= 4 is 11.6 Å². The Hall–Kier alpha value is -1.42. The molecule has 4 heteroatoms. The highest BCUT2D eigenvalue weighted by molar-refractivity contribution is 5.98. The molecule has 0 aromatic carbocycles. The number of aryl methyl sites for hydroxylation is 1. The van der Waals surface area contributed by atoms with E-state index >= 15 is 0 Å². The van der Waals surface area contributed by atoms with E-state index in [0.717, 1.165) is 17.9 Å². The van der Waals surface area contributed by atoms with Crippen molar-refractivity contribution < 1.29 is 4.79 Å². The molecule has 0 aliphatic carbocycles. The molecular formula is C15H25N3O. The van der Waals surface area contributed by atoms with E-state index < -0.39 is 0 Å². The zero-order chi connectivity index (χ0) is 14.4. The Balaban J connectivity index is 0.000000861. The van der Waals surface area contributed by atoms with Crippen molar-refractivity contribution in [3.05, 3.63) is 24.0 Å². The molecule has 1 N–H and O–H groups in total. The number of nitrogens with one attached hydrogen (secondary N) is 1. The minimum atomic E-state index is -0.0787. The predicted octanol–water partition coefficient (Wildman–Crippen LogP) is 2.38. The quantitative estimate of drug-likeness (QED) is 0.891. The van der Waals surface area contributed by atoms with Crippen LogP contribution in [0, 0.1) is 12.8 Å². The van der Waals surface area contributed by atoms with E-state index in [1.165, 1.54) is 0 Å². The van der Waals surface area contributed by atoms with Gasteiger partial charge in [-0.15, -0.1) is 0 Å². The van der Waals surface area contributed by atoms with E-state index in [1.807, 2.05) is 37.8 Å². The summed E-state index contributed by atoms with van der Waals surface area (Å²) in [5, 5.41) is 3.27. The van der Waals surface area contributed by atoms with Crippen LogP contribution in [-0.2, 0) is 4.79 Å². The summed E-state index contributed by atoms with van der Waals surface area (Å²) in [6.45, 7) is 11.6. The molecule has 0 radical (unpaired) electrons. The summed E-state index contributed by atoms with van der Waals surface area (Å²) in [6.07, 6.45) is 1.77. The van der Waals surface area contributed by atoms with Gasteiger partial charge in [0.1, 0.15) is 0 Å².